The van der Waals surface area contributed by atoms with Crippen LogP contribution < -0.4 is 0 Å². The molecule has 78 valence electrons. The molecular weight excluding hydrogens is 206 g/mol. The molecule has 8 heteroatoms. The van der Waals surface area contributed by atoms with Crippen molar-refractivity contribution in [3.63, 3.8) is 0 Å². The number of halogens is 6. The molecule has 0 radical (unpaired) electrons. The molecule has 0 aromatic heterocycles. The van der Waals surface area contributed by atoms with Crippen LogP contribution in [0.1, 0.15) is 0 Å². The van der Waals surface area contributed by atoms with Crippen LogP contribution in [0.5, 0.6) is 0 Å². The lowest BCUT2D eigenvalue weighted by Gasteiger charge is -2.24. The molecule has 0 aliphatic carbocycles. The van der Waals surface area contributed by atoms with Gasteiger partial charge < -0.3 is 4.74 Å². The van der Waals surface area contributed by atoms with E-state index < -0.39 is 31.3 Å². The third-order valence-electron chi connectivity index (χ3n) is 1.09. The van der Waals surface area contributed by atoms with Gasteiger partial charge in [0.05, 0.1) is 0 Å². The molecule has 0 saturated carbocycles. The maximum absolute atomic E-state index is 12.1. The number of carbonyl (C=O) groups excluding carboxylic acids is 1. The van der Waals surface area contributed by atoms with E-state index in [4.69, 9.17) is 0 Å². The van der Waals surface area contributed by atoms with E-state index in [0.717, 1.165) is 0 Å². The van der Waals surface area contributed by atoms with Crippen LogP contribution in [0.4, 0.5) is 26.3 Å². The summed E-state index contributed by atoms with van der Waals surface area (Å²) in [7, 11) is 0. The topological polar surface area (TPSA) is 26.3 Å². The van der Waals surface area contributed by atoms with Crippen molar-refractivity contribution < 1.29 is 35.9 Å². The molecule has 0 amide bonds. The first-order valence-corrected chi connectivity index (χ1v) is 2.84. The second kappa shape index (κ2) is 3.84. The van der Waals surface area contributed by atoms with Crippen LogP contribution in [0.15, 0.2) is 0 Å². The molecule has 13 heavy (non-hydrogen) atoms. The Hall–Kier alpha value is -0.950. The molecule has 2 nitrogen and oxygen atoms in total. The highest BCUT2D eigenvalue weighted by Gasteiger charge is 2.63. The average molecular weight is 210 g/mol. The van der Waals surface area contributed by atoms with Gasteiger partial charge in [-0.05, 0) is 0 Å². The molecule has 0 saturated heterocycles. The van der Waals surface area contributed by atoms with Crippen molar-refractivity contribution in [2.75, 3.05) is 6.61 Å². The molecule has 0 fully saturated rings. The summed E-state index contributed by atoms with van der Waals surface area (Å²) in [5, 5.41) is 0. The van der Waals surface area contributed by atoms with Crippen LogP contribution in [0.2, 0.25) is 0 Å². The Morgan fingerprint density at radius 2 is 1.69 bits per heavy atom. The summed E-state index contributed by atoms with van der Waals surface area (Å²) in [6.45, 7) is -2.61. The zero-order valence-electron chi connectivity index (χ0n) is 5.95. The van der Waals surface area contributed by atoms with Gasteiger partial charge in [-0.3, -0.25) is 4.79 Å². The predicted molar refractivity (Wildman–Crippen MR) is 27.9 cm³/mol. The summed E-state index contributed by atoms with van der Waals surface area (Å²) in [5.41, 5.74) is 0. The first kappa shape index (κ1) is 12.0. The minimum absolute atomic E-state index is 0.532. The fraction of sp³-hybridized carbons (Fsp3) is 0.800. The van der Waals surface area contributed by atoms with Gasteiger partial charge in [0.2, 0.25) is 0 Å². The van der Waals surface area contributed by atoms with Gasteiger partial charge in [0.15, 0.2) is 6.61 Å². The van der Waals surface area contributed by atoms with Crippen molar-refractivity contribution in [2.24, 2.45) is 0 Å². The number of carbonyl (C=O) groups is 1. The molecule has 0 bridgehead atoms. The Labute approximate surface area is 68.5 Å². The highest BCUT2D eigenvalue weighted by atomic mass is 19.3. The van der Waals surface area contributed by atoms with E-state index in [9.17, 15) is 31.1 Å². The van der Waals surface area contributed by atoms with E-state index >= 15 is 0 Å². The molecular formula is C5H4F6O2. The van der Waals surface area contributed by atoms with E-state index in [2.05, 4.69) is 4.74 Å². The lowest BCUT2D eigenvalue weighted by molar-refractivity contribution is -0.275. The number of rotatable bonds is 5. The van der Waals surface area contributed by atoms with E-state index in [1.54, 1.807) is 0 Å². The quantitative estimate of drug-likeness (QED) is 0.509. The smallest absolute Gasteiger partial charge is 0.372 e. The highest BCUT2D eigenvalue weighted by molar-refractivity contribution is 5.37. The summed E-state index contributed by atoms with van der Waals surface area (Å²) in [6.07, 6.45) is -4.52. The summed E-state index contributed by atoms with van der Waals surface area (Å²) < 4.78 is 74.2. The fourth-order valence-electron chi connectivity index (χ4n) is 0.395. The minimum atomic E-state index is -5.50. The molecule has 0 unspecified atom stereocenters. The fourth-order valence-corrected chi connectivity index (χ4v) is 0.395. The third-order valence-corrected chi connectivity index (χ3v) is 1.09. The van der Waals surface area contributed by atoms with Crippen molar-refractivity contribution in [2.45, 2.75) is 18.3 Å². The average Bonchev–Trinajstić information content (AvgIpc) is 2.00. The molecule has 0 N–H and O–H groups in total. The van der Waals surface area contributed by atoms with Crippen LogP contribution >= 0.6 is 0 Å². The SMILES string of the molecule is O=COCC(F)(F)C(F)(F)C(F)F. The zero-order valence-corrected chi connectivity index (χ0v) is 5.95. The van der Waals surface area contributed by atoms with E-state index in [0.29, 0.717) is 0 Å². The monoisotopic (exact) mass is 210 g/mol. The van der Waals surface area contributed by atoms with E-state index in [1.807, 2.05) is 0 Å². The third kappa shape index (κ3) is 2.49. The summed E-state index contributed by atoms with van der Waals surface area (Å²) in [4.78, 5) is 9.36. The van der Waals surface area contributed by atoms with Gasteiger partial charge in [-0.1, -0.05) is 0 Å². The van der Waals surface area contributed by atoms with Crippen molar-refractivity contribution in [3.8, 4) is 0 Å². The van der Waals surface area contributed by atoms with Crippen LogP contribution in [0, 0.1) is 0 Å². The molecule has 0 heterocycles. The summed E-state index contributed by atoms with van der Waals surface area (Å²) in [6, 6.07) is 0. The van der Waals surface area contributed by atoms with Gasteiger partial charge >= 0.3 is 18.3 Å². The van der Waals surface area contributed by atoms with Crippen molar-refractivity contribution in [1.29, 1.82) is 0 Å². The molecule has 0 spiro atoms. The summed E-state index contributed by atoms with van der Waals surface area (Å²) >= 11 is 0. The van der Waals surface area contributed by atoms with Gasteiger partial charge in [-0.15, -0.1) is 0 Å². The van der Waals surface area contributed by atoms with Gasteiger partial charge in [-0.2, -0.15) is 17.6 Å². The molecule has 0 aromatic rings. The lowest BCUT2D eigenvalue weighted by Crippen LogP contribution is -2.49. The normalized spacial score (nSPS) is 13.2. The molecule has 0 aliphatic rings. The Balaban J connectivity index is 4.49. The zero-order chi connectivity index (χ0) is 10.7. The Morgan fingerprint density at radius 3 is 2.00 bits per heavy atom. The first-order valence-electron chi connectivity index (χ1n) is 2.84. The molecule has 0 aromatic carbocycles. The molecule has 0 rings (SSSR count). The number of hydrogen-bond donors (Lipinski definition) is 0. The van der Waals surface area contributed by atoms with Crippen molar-refractivity contribution in [3.05, 3.63) is 0 Å². The standard InChI is InChI=1S/C5H4F6O2/c6-3(7)5(10,11)4(8,9)1-13-2-12/h2-3H,1H2. The summed E-state index contributed by atoms with van der Waals surface area (Å²) in [5.74, 6) is -10.6. The van der Waals surface area contributed by atoms with Gasteiger partial charge in [-0.25, -0.2) is 8.78 Å². The Bertz CT molecular complexity index is 180. The second-order valence-electron chi connectivity index (χ2n) is 2.04. The van der Waals surface area contributed by atoms with Crippen molar-refractivity contribution >= 4 is 6.47 Å². The molecule has 0 atom stereocenters. The van der Waals surface area contributed by atoms with Crippen LogP contribution in [-0.2, 0) is 9.53 Å². The van der Waals surface area contributed by atoms with Crippen LogP contribution in [0.25, 0.3) is 0 Å². The van der Waals surface area contributed by atoms with Gasteiger partial charge in [0.25, 0.3) is 6.47 Å². The maximum Gasteiger partial charge on any atom is 0.372 e. The highest BCUT2D eigenvalue weighted by Crippen LogP contribution is 2.38. The number of ether oxygens (including phenoxy) is 1. The van der Waals surface area contributed by atoms with Gasteiger partial charge in [0.1, 0.15) is 0 Å². The van der Waals surface area contributed by atoms with E-state index in [1.165, 1.54) is 0 Å². The molecule has 0 aliphatic heterocycles. The van der Waals surface area contributed by atoms with Crippen LogP contribution in [-0.4, -0.2) is 31.3 Å². The predicted octanol–water partition coefficient (Wildman–Crippen LogP) is 1.70. The number of alkyl halides is 6. The maximum atomic E-state index is 12.1. The van der Waals surface area contributed by atoms with Crippen molar-refractivity contribution in [1.82, 2.24) is 0 Å². The largest absolute Gasteiger partial charge is 0.461 e. The number of hydrogen-bond acceptors (Lipinski definition) is 2. The van der Waals surface area contributed by atoms with E-state index in [-0.39, 0.29) is 0 Å². The van der Waals surface area contributed by atoms with Crippen LogP contribution in [0.3, 0.4) is 0 Å². The first-order chi connectivity index (χ1) is 5.75. The Morgan fingerprint density at radius 1 is 1.23 bits per heavy atom. The lowest BCUT2D eigenvalue weighted by atomic mass is 10.2. The van der Waals surface area contributed by atoms with Gasteiger partial charge in [0, 0.05) is 0 Å². The Kier molecular flexibility index (Phi) is 3.56. The minimum Gasteiger partial charge on any atom is -0.461 e. The second-order valence-corrected chi connectivity index (χ2v) is 2.04.